The van der Waals surface area contributed by atoms with Crippen molar-refractivity contribution in [1.82, 2.24) is 9.97 Å². The van der Waals surface area contributed by atoms with Crippen LogP contribution in [0.2, 0.25) is 5.02 Å². The second-order valence-electron chi connectivity index (χ2n) is 4.65. The van der Waals surface area contributed by atoms with Crippen molar-refractivity contribution in [2.24, 2.45) is 0 Å². The molecule has 0 bridgehead atoms. The predicted molar refractivity (Wildman–Crippen MR) is 76.4 cm³/mol. The van der Waals surface area contributed by atoms with Crippen molar-refractivity contribution in [1.29, 1.82) is 0 Å². The van der Waals surface area contributed by atoms with Gasteiger partial charge >= 0.3 is 0 Å². The number of nitrogens with zero attached hydrogens (tertiary/aromatic N) is 1. The SMILES string of the molecule is Clc1ccc2[nH]c(C3COc4ccccc4O3)nc2c1. The fourth-order valence-corrected chi connectivity index (χ4v) is 2.47. The van der Waals surface area contributed by atoms with Crippen LogP contribution >= 0.6 is 11.6 Å². The third-order valence-corrected chi connectivity index (χ3v) is 3.51. The van der Waals surface area contributed by atoms with E-state index in [1.165, 1.54) is 0 Å². The van der Waals surface area contributed by atoms with Gasteiger partial charge in [-0.25, -0.2) is 4.98 Å². The number of halogens is 1. The largest absolute Gasteiger partial charge is 0.485 e. The Labute approximate surface area is 120 Å². The van der Waals surface area contributed by atoms with Gasteiger partial charge < -0.3 is 14.5 Å². The first-order valence-electron chi connectivity index (χ1n) is 6.33. The first kappa shape index (κ1) is 11.6. The van der Waals surface area contributed by atoms with Gasteiger partial charge in [0, 0.05) is 5.02 Å². The fourth-order valence-electron chi connectivity index (χ4n) is 2.31. The van der Waals surface area contributed by atoms with Crippen LogP contribution in [-0.2, 0) is 0 Å². The number of imidazole rings is 1. The van der Waals surface area contributed by atoms with Crippen molar-refractivity contribution in [2.45, 2.75) is 6.10 Å². The lowest BCUT2D eigenvalue weighted by atomic mass is 10.2. The van der Waals surface area contributed by atoms with Crippen LogP contribution in [0.25, 0.3) is 11.0 Å². The van der Waals surface area contributed by atoms with Gasteiger partial charge in [-0.1, -0.05) is 23.7 Å². The Morgan fingerprint density at radius 2 is 2.00 bits per heavy atom. The van der Waals surface area contributed by atoms with Crippen LogP contribution in [0.1, 0.15) is 11.9 Å². The van der Waals surface area contributed by atoms with E-state index in [-0.39, 0.29) is 6.10 Å². The minimum atomic E-state index is -0.240. The van der Waals surface area contributed by atoms with Crippen molar-refractivity contribution >= 4 is 22.6 Å². The molecule has 0 spiro atoms. The standard InChI is InChI=1S/C15H11ClN2O2/c16-9-5-6-10-11(7-9)18-15(17-10)14-8-19-12-3-1-2-4-13(12)20-14/h1-7,14H,8H2,(H,17,18). The van der Waals surface area contributed by atoms with Gasteiger partial charge in [-0.3, -0.25) is 0 Å². The molecule has 3 aromatic rings. The van der Waals surface area contributed by atoms with E-state index in [2.05, 4.69) is 9.97 Å². The molecule has 1 atom stereocenters. The molecule has 20 heavy (non-hydrogen) atoms. The molecule has 1 aromatic heterocycles. The molecule has 5 heteroatoms. The van der Waals surface area contributed by atoms with Crippen LogP contribution in [0.4, 0.5) is 0 Å². The topological polar surface area (TPSA) is 47.1 Å². The molecule has 4 nitrogen and oxygen atoms in total. The first-order valence-corrected chi connectivity index (χ1v) is 6.71. The second kappa shape index (κ2) is 4.42. The third kappa shape index (κ3) is 1.89. The van der Waals surface area contributed by atoms with E-state index in [9.17, 15) is 0 Å². The van der Waals surface area contributed by atoms with Crippen molar-refractivity contribution in [3.8, 4) is 11.5 Å². The van der Waals surface area contributed by atoms with Crippen LogP contribution < -0.4 is 9.47 Å². The summed E-state index contributed by atoms with van der Waals surface area (Å²) in [7, 11) is 0. The smallest absolute Gasteiger partial charge is 0.190 e. The Balaban J connectivity index is 1.70. The third-order valence-electron chi connectivity index (χ3n) is 3.28. The average molecular weight is 287 g/mol. The number of rotatable bonds is 1. The molecule has 0 saturated heterocycles. The lowest BCUT2D eigenvalue weighted by Gasteiger charge is -2.24. The molecular formula is C15H11ClN2O2. The quantitative estimate of drug-likeness (QED) is 0.741. The van der Waals surface area contributed by atoms with Gasteiger partial charge in [0.2, 0.25) is 0 Å². The van der Waals surface area contributed by atoms with Crippen LogP contribution in [-0.4, -0.2) is 16.6 Å². The molecule has 1 unspecified atom stereocenters. The highest BCUT2D eigenvalue weighted by Crippen LogP contribution is 2.35. The number of nitrogens with one attached hydrogen (secondary N) is 1. The number of fused-ring (bicyclic) bond motifs is 2. The Morgan fingerprint density at radius 1 is 1.15 bits per heavy atom. The zero-order chi connectivity index (χ0) is 13.5. The monoisotopic (exact) mass is 286 g/mol. The van der Waals surface area contributed by atoms with Crippen molar-refractivity contribution < 1.29 is 9.47 Å². The Morgan fingerprint density at radius 3 is 2.90 bits per heavy atom. The van der Waals surface area contributed by atoms with Gasteiger partial charge in [-0.2, -0.15) is 0 Å². The van der Waals surface area contributed by atoms with Crippen LogP contribution in [0.15, 0.2) is 42.5 Å². The summed E-state index contributed by atoms with van der Waals surface area (Å²) in [4.78, 5) is 7.77. The maximum Gasteiger partial charge on any atom is 0.190 e. The fraction of sp³-hybridized carbons (Fsp3) is 0.133. The zero-order valence-electron chi connectivity index (χ0n) is 10.5. The number of benzene rings is 2. The van der Waals surface area contributed by atoms with E-state index in [0.29, 0.717) is 11.6 Å². The Bertz CT molecular complexity index is 784. The summed E-state index contributed by atoms with van der Waals surface area (Å²) in [5.74, 6) is 2.25. The van der Waals surface area contributed by atoms with Gasteiger partial charge in [-0.05, 0) is 30.3 Å². The number of aromatic nitrogens is 2. The lowest BCUT2D eigenvalue weighted by Crippen LogP contribution is -2.22. The van der Waals surface area contributed by atoms with Crippen molar-refractivity contribution in [2.75, 3.05) is 6.61 Å². The Hall–Kier alpha value is -2.20. The molecule has 0 amide bonds. The highest BCUT2D eigenvalue weighted by Gasteiger charge is 2.24. The van der Waals surface area contributed by atoms with Gasteiger partial charge in [0.15, 0.2) is 23.4 Å². The number of para-hydroxylation sites is 2. The van der Waals surface area contributed by atoms with E-state index >= 15 is 0 Å². The molecular weight excluding hydrogens is 276 g/mol. The maximum atomic E-state index is 5.97. The van der Waals surface area contributed by atoms with Crippen molar-refractivity contribution in [3.63, 3.8) is 0 Å². The highest BCUT2D eigenvalue weighted by molar-refractivity contribution is 6.31. The normalized spacial score (nSPS) is 17.4. The minimum Gasteiger partial charge on any atom is -0.485 e. The molecule has 2 heterocycles. The molecule has 100 valence electrons. The summed E-state index contributed by atoms with van der Waals surface area (Å²) in [5.41, 5.74) is 1.77. The molecule has 0 saturated carbocycles. The molecule has 1 aliphatic rings. The molecule has 2 aromatic carbocycles. The van der Waals surface area contributed by atoms with Gasteiger partial charge in [0.1, 0.15) is 6.61 Å². The van der Waals surface area contributed by atoms with Crippen LogP contribution in [0.5, 0.6) is 11.5 Å². The summed E-state index contributed by atoms with van der Waals surface area (Å²) in [6, 6.07) is 13.2. The van der Waals surface area contributed by atoms with Gasteiger partial charge in [0.05, 0.1) is 11.0 Å². The highest BCUT2D eigenvalue weighted by atomic mass is 35.5. The predicted octanol–water partition coefficient (Wildman–Crippen LogP) is 3.73. The molecule has 1 aliphatic heterocycles. The van der Waals surface area contributed by atoms with Crippen molar-refractivity contribution in [3.05, 3.63) is 53.3 Å². The number of H-pyrrole nitrogens is 1. The zero-order valence-corrected chi connectivity index (χ0v) is 11.2. The molecule has 1 N–H and O–H groups in total. The van der Waals surface area contributed by atoms with Gasteiger partial charge in [-0.15, -0.1) is 0 Å². The Kier molecular flexibility index (Phi) is 2.57. The van der Waals surface area contributed by atoms with Crippen LogP contribution in [0, 0.1) is 0 Å². The molecule has 4 rings (SSSR count). The average Bonchev–Trinajstić information content (AvgIpc) is 2.89. The van der Waals surface area contributed by atoms with Crippen LogP contribution in [0.3, 0.4) is 0 Å². The van der Waals surface area contributed by atoms with E-state index in [1.54, 1.807) is 0 Å². The maximum absolute atomic E-state index is 5.97. The lowest BCUT2D eigenvalue weighted by molar-refractivity contribution is 0.0859. The summed E-state index contributed by atoms with van der Waals surface area (Å²) < 4.78 is 11.6. The van der Waals surface area contributed by atoms with E-state index in [1.807, 2.05) is 42.5 Å². The molecule has 0 radical (unpaired) electrons. The summed E-state index contributed by atoms with van der Waals surface area (Å²) in [5, 5.41) is 0.668. The summed E-state index contributed by atoms with van der Waals surface area (Å²) in [6.45, 7) is 0.435. The van der Waals surface area contributed by atoms with E-state index < -0.39 is 0 Å². The molecule has 0 aliphatic carbocycles. The number of ether oxygens (including phenoxy) is 2. The number of aromatic amines is 1. The second-order valence-corrected chi connectivity index (χ2v) is 5.08. The minimum absolute atomic E-state index is 0.240. The molecule has 0 fully saturated rings. The van der Waals surface area contributed by atoms with Gasteiger partial charge in [0.25, 0.3) is 0 Å². The summed E-state index contributed by atoms with van der Waals surface area (Å²) in [6.07, 6.45) is -0.240. The number of hydrogen-bond acceptors (Lipinski definition) is 3. The van der Waals surface area contributed by atoms with E-state index in [0.717, 1.165) is 28.4 Å². The number of hydrogen-bond donors (Lipinski definition) is 1. The summed E-state index contributed by atoms with van der Waals surface area (Å²) >= 11 is 5.97. The van der Waals surface area contributed by atoms with E-state index in [4.69, 9.17) is 21.1 Å². The first-order chi connectivity index (χ1) is 9.79.